The van der Waals surface area contributed by atoms with Crippen molar-refractivity contribution >= 4 is 29.0 Å². The Kier molecular flexibility index (Phi) is 5.35. The number of fused-ring (bicyclic) bond motifs is 1. The molecular formula is C24H21N5O4. The number of methoxy groups -OCH3 is 1. The molecule has 33 heavy (non-hydrogen) atoms. The Morgan fingerprint density at radius 1 is 1.03 bits per heavy atom. The number of benzene rings is 1. The first kappa shape index (κ1) is 20.5. The van der Waals surface area contributed by atoms with E-state index < -0.39 is 0 Å². The minimum Gasteiger partial charge on any atom is -0.481 e. The van der Waals surface area contributed by atoms with Gasteiger partial charge in [-0.2, -0.15) is 0 Å². The SMILES string of the molecule is COc1cc(C(=O)Nc2cccc(Oc3ccc4nc(NC(=O)C5CC5)cn4c3)c2)ccn1. The van der Waals surface area contributed by atoms with Gasteiger partial charge in [0.05, 0.1) is 19.5 Å². The van der Waals surface area contributed by atoms with Gasteiger partial charge in [-0.1, -0.05) is 6.07 Å². The lowest BCUT2D eigenvalue weighted by Crippen LogP contribution is -2.13. The Hall–Kier alpha value is -4.40. The molecule has 1 aliphatic rings. The fourth-order valence-corrected chi connectivity index (χ4v) is 3.30. The number of ether oxygens (including phenoxy) is 2. The van der Waals surface area contributed by atoms with E-state index in [-0.39, 0.29) is 17.7 Å². The molecule has 166 valence electrons. The number of pyridine rings is 2. The number of imidazole rings is 1. The quantitative estimate of drug-likeness (QED) is 0.445. The molecule has 0 bridgehead atoms. The molecule has 4 aromatic rings. The lowest BCUT2D eigenvalue weighted by molar-refractivity contribution is -0.117. The zero-order valence-electron chi connectivity index (χ0n) is 17.8. The average Bonchev–Trinajstić information content (AvgIpc) is 3.60. The third-order valence-electron chi connectivity index (χ3n) is 5.16. The lowest BCUT2D eigenvalue weighted by atomic mass is 10.2. The Balaban J connectivity index is 1.28. The fraction of sp³-hybridized carbons (Fsp3) is 0.167. The van der Waals surface area contributed by atoms with Crippen LogP contribution in [0.5, 0.6) is 17.4 Å². The number of nitrogens with zero attached hydrogens (tertiary/aromatic N) is 3. The number of amides is 2. The third-order valence-corrected chi connectivity index (χ3v) is 5.16. The Labute approximate surface area is 189 Å². The number of hydrogen-bond donors (Lipinski definition) is 2. The highest BCUT2D eigenvalue weighted by Crippen LogP contribution is 2.30. The number of carbonyl (C=O) groups is 2. The molecule has 9 nitrogen and oxygen atoms in total. The van der Waals surface area contributed by atoms with Crippen molar-refractivity contribution in [3.63, 3.8) is 0 Å². The predicted octanol–water partition coefficient (Wildman–Crippen LogP) is 4.13. The molecule has 0 unspecified atom stereocenters. The van der Waals surface area contributed by atoms with Crippen LogP contribution in [0, 0.1) is 5.92 Å². The molecule has 0 aliphatic heterocycles. The minimum absolute atomic E-state index is 0.0129. The van der Waals surface area contributed by atoms with Gasteiger partial charge in [0, 0.05) is 35.5 Å². The Morgan fingerprint density at radius 3 is 2.73 bits per heavy atom. The summed E-state index contributed by atoms with van der Waals surface area (Å²) in [7, 11) is 1.50. The largest absolute Gasteiger partial charge is 0.481 e. The van der Waals surface area contributed by atoms with E-state index in [0.717, 1.165) is 12.8 Å². The van der Waals surface area contributed by atoms with Gasteiger partial charge in [-0.05, 0) is 43.2 Å². The van der Waals surface area contributed by atoms with Gasteiger partial charge in [-0.3, -0.25) is 9.59 Å². The summed E-state index contributed by atoms with van der Waals surface area (Å²) in [6.07, 6.45) is 6.93. The molecule has 1 aliphatic carbocycles. The smallest absolute Gasteiger partial charge is 0.255 e. The molecule has 5 rings (SSSR count). The molecule has 0 atom stereocenters. The molecule has 0 radical (unpaired) electrons. The topological polar surface area (TPSA) is 107 Å². The molecule has 9 heteroatoms. The Morgan fingerprint density at radius 2 is 1.91 bits per heavy atom. The second kappa shape index (κ2) is 8.62. The predicted molar refractivity (Wildman–Crippen MR) is 122 cm³/mol. The highest BCUT2D eigenvalue weighted by Gasteiger charge is 2.30. The van der Waals surface area contributed by atoms with E-state index in [2.05, 4.69) is 20.6 Å². The molecular weight excluding hydrogens is 422 g/mol. The van der Waals surface area contributed by atoms with Crippen LogP contribution in [0.4, 0.5) is 11.5 Å². The summed E-state index contributed by atoms with van der Waals surface area (Å²) in [5, 5.41) is 5.69. The van der Waals surface area contributed by atoms with Crippen LogP contribution in [0.15, 0.2) is 67.1 Å². The van der Waals surface area contributed by atoms with Gasteiger partial charge in [0.15, 0.2) is 5.82 Å². The van der Waals surface area contributed by atoms with Crippen molar-refractivity contribution in [1.82, 2.24) is 14.4 Å². The summed E-state index contributed by atoms with van der Waals surface area (Å²) < 4.78 is 12.8. The van der Waals surface area contributed by atoms with Crippen LogP contribution in [0.25, 0.3) is 5.65 Å². The second-order valence-electron chi connectivity index (χ2n) is 7.69. The van der Waals surface area contributed by atoms with Gasteiger partial charge in [-0.15, -0.1) is 0 Å². The van der Waals surface area contributed by atoms with Crippen LogP contribution in [-0.4, -0.2) is 33.3 Å². The van der Waals surface area contributed by atoms with Crippen LogP contribution in [0.3, 0.4) is 0 Å². The normalized spacial score (nSPS) is 12.9. The van der Waals surface area contributed by atoms with Crippen molar-refractivity contribution in [1.29, 1.82) is 0 Å². The van der Waals surface area contributed by atoms with Gasteiger partial charge in [-0.25, -0.2) is 9.97 Å². The minimum atomic E-state index is -0.284. The molecule has 0 saturated heterocycles. The van der Waals surface area contributed by atoms with Gasteiger partial charge in [0.2, 0.25) is 11.8 Å². The zero-order chi connectivity index (χ0) is 22.8. The molecule has 0 spiro atoms. The molecule has 3 heterocycles. The van der Waals surface area contributed by atoms with E-state index in [1.165, 1.54) is 13.3 Å². The molecule has 2 amide bonds. The molecule has 1 fully saturated rings. The van der Waals surface area contributed by atoms with Crippen LogP contribution >= 0.6 is 0 Å². The lowest BCUT2D eigenvalue weighted by Gasteiger charge is -2.10. The van der Waals surface area contributed by atoms with E-state index in [9.17, 15) is 9.59 Å². The van der Waals surface area contributed by atoms with Crippen LogP contribution < -0.4 is 20.1 Å². The maximum atomic E-state index is 12.5. The monoisotopic (exact) mass is 443 g/mol. The summed E-state index contributed by atoms with van der Waals surface area (Å²) >= 11 is 0. The highest BCUT2D eigenvalue weighted by atomic mass is 16.5. The van der Waals surface area contributed by atoms with Crippen molar-refractivity contribution in [3.8, 4) is 17.4 Å². The van der Waals surface area contributed by atoms with Gasteiger partial charge < -0.3 is 24.5 Å². The molecule has 1 saturated carbocycles. The Bertz CT molecular complexity index is 1350. The van der Waals surface area contributed by atoms with Crippen molar-refractivity contribution in [2.24, 2.45) is 5.92 Å². The third kappa shape index (κ3) is 4.77. The first-order valence-corrected chi connectivity index (χ1v) is 10.5. The van der Waals surface area contributed by atoms with Gasteiger partial charge in [0.1, 0.15) is 17.1 Å². The fourth-order valence-electron chi connectivity index (χ4n) is 3.30. The maximum Gasteiger partial charge on any atom is 0.255 e. The summed E-state index contributed by atoms with van der Waals surface area (Å²) in [6, 6.07) is 13.9. The number of hydrogen-bond acceptors (Lipinski definition) is 6. The van der Waals surface area contributed by atoms with Gasteiger partial charge >= 0.3 is 0 Å². The summed E-state index contributed by atoms with van der Waals surface area (Å²) in [4.78, 5) is 32.9. The van der Waals surface area contributed by atoms with E-state index in [0.29, 0.717) is 40.1 Å². The number of nitrogens with one attached hydrogen (secondary N) is 2. The van der Waals surface area contributed by atoms with E-state index in [1.54, 1.807) is 59.3 Å². The average molecular weight is 443 g/mol. The van der Waals surface area contributed by atoms with Crippen LogP contribution in [-0.2, 0) is 4.79 Å². The van der Waals surface area contributed by atoms with Crippen molar-refractivity contribution in [2.45, 2.75) is 12.8 Å². The van der Waals surface area contributed by atoms with Crippen LogP contribution in [0.2, 0.25) is 0 Å². The number of anilines is 2. The number of carbonyl (C=O) groups excluding carboxylic acids is 2. The van der Waals surface area contributed by atoms with E-state index in [4.69, 9.17) is 9.47 Å². The van der Waals surface area contributed by atoms with Crippen molar-refractivity contribution in [2.75, 3.05) is 17.7 Å². The highest BCUT2D eigenvalue weighted by molar-refractivity contribution is 6.04. The number of rotatable bonds is 7. The summed E-state index contributed by atoms with van der Waals surface area (Å²) in [5.74, 6) is 1.87. The van der Waals surface area contributed by atoms with E-state index in [1.807, 2.05) is 6.07 Å². The first-order valence-electron chi connectivity index (χ1n) is 10.5. The molecule has 2 N–H and O–H groups in total. The van der Waals surface area contributed by atoms with Crippen LogP contribution in [0.1, 0.15) is 23.2 Å². The standard InChI is InChI=1S/C24H21N5O4/c1-32-22-11-16(9-10-25-22)24(31)26-17-3-2-4-18(12-17)33-19-7-8-21-27-20(14-29(21)13-19)28-23(30)15-5-6-15/h2-4,7-15H,5-6H2,1H3,(H,26,31)(H,28,30). The van der Waals surface area contributed by atoms with Crippen molar-refractivity contribution in [3.05, 3.63) is 72.7 Å². The molecule has 1 aromatic carbocycles. The van der Waals surface area contributed by atoms with Gasteiger partial charge in [0.25, 0.3) is 5.91 Å². The maximum absolute atomic E-state index is 12.5. The zero-order valence-corrected chi connectivity index (χ0v) is 17.8. The first-order chi connectivity index (χ1) is 16.1. The van der Waals surface area contributed by atoms with Crippen molar-refractivity contribution < 1.29 is 19.1 Å². The second-order valence-corrected chi connectivity index (χ2v) is 7.69. The summed E-state index contributed by atoms with van der Waals surface area (Å²) in [5.41, 5.74) is 1.72. The number of aromatic nitrogens is 3. The molecule has 3 aromatic heterocycles. The summed E-state index contributed by atoms with van der Waals surface area (Å²) in [6.45, 7) is 0. The van der Waals surface area contributed by atoms with E-state index >= 15 is 0 Å².